The van der Waals surface area contributed by atoms with Gasteiger partial charge in [0.05, 0.1) is 6.10 Å². The zero-order valence-electron chi connectivity index (χ0n) is 12.5. The van der Waals surface area contributed by atoms with Gasteiger partial charge in [-0.2, -0.15) is 0 Å². The van der Waals surface area contributed by atoms with Crippen LogP contribution in [0, 0.1) is 5.82 Å². The molecule has 2 aromatic rings. The van der Waals surface area contributed by atoms with Crippen LogP contribution in [0.2, 0.25) is 5.02 Å². The zero-order valence-corrected chi connectivity index (χ0v) is 13.3. The molecule has 3 heteroatoms. The van der Waals surface area contributed by atoms with Crippen molar-refractivity contribution >= 4 is 11.6 Å². The molecule has 2 rings (SSSR count). The molecule has 0 aromatic heterocycles. The molecular formula is C18H20ClFO. The minimum absolute atomic E-state index is 0.0662. The Bertz CT molecular complexity index is 631. The average molecular weight is 307 g/mol. The Hall–Kier alpha value is -1.38. The van der Waals surface area contributed by atoms with E-state index in [2.05, 4.69) is 20.8 Å². The minimum atomic E-state index is -0.709. The third-order valence-electron chi connectivity index (χ3n) is 3.55. The predicted molar refractivity (Wildman–Crippen MR) is 85.2 cm³/mol. The number of benzene rings is 2. The lowest BCUT2D eigenvalue weighted by Gasteiger charge is -2.25. The standard InChI is InChI=1S/C18H20ClFO/c1-18(2,3)15-7-5-4-6-14(15)17(21)11-12-10-13(20)8-9-16(12)19/h4-10,17,21H,11H2,1-3H3. The molecule has 112 valence electrons. The molecule has 0 aliphatic heterocycles. The molecule has 2 aromatic carbocycles. The van der Waals surface area contributed by atoms with Gasteiger partial charge >= 0.3 is 0 Å². The Kier molecular flexibility index (Phi) is 4.70. The van der Waals surface area contributed by atoms with Crippen molar-refractivity contribution in [1.29, 1.82) is 0 Å². The van der Waals surface area contributed by atoms with Crippen molar-refractivity contribution in [3.8, 4) is 0 Å². The van der Waals surface area contributed by atoms with Gasteiger partial charge in [-0.3, -0.25) is 0 Å². The molecule has 1 atom stereocenters. The van der Waals surface area contributed by atoms with Gasteiger partial charge in [-0.25, -0.2) is 4.39 Å². The molecule has 1 unspecified atom stereocenters. The summed E-state index contributed by atoms with van der Waals surface area (Å²) < 4.78 is 13.3. The van der Waals surface area contributed by atoms with Crippen LogP contribution in [0.1, 0.15) is 43.6 Å². The predicted octanol–water partition coefficient (Wildman–Crippen LogP) is 5.05. The van der Waals surface area contributed by atoms with Crippen molar-refractivity contribution in [2.45, 2.75) is 38.7 Å². The van der Waals surface area contributed by atoms with Crippen molar-refractivity contribution in [3.05, 3.63) is 70.0 Å². The second kappa shape index (κ2) is 6.17. The summed E-state index contributed by atoms with van der Waals surface area (Å²) in [7, 11) is 0. The molecule has 0 aliphatic rings. The molecule has 21 heavy (non-hydrogen) atoms. The Balaban J connectivity index is 2.33. The molecule has 0 spiro atoms. The first-order valence-electron chi connectivity index (χ1n) is 7.00. The van der Waals surface area contributed by atoms with E-state index in [1.165, 1.54) is 18.2 Å². The Morgan fingerprint density at radius 2 is 1.81 bits per heavy atom. The molecule has 1 nitrogen and oxygen atoms in total. The molecule has 0 bridgehead atoms. The lowest BCUT2D eigenvalue weighted by molar-refractivity contribution is 0.176. The topological polar surface area (TPSA) is 20.2 Å². The van der Waals surface area contributed by atoms with Gasteiger partial charge in [0.2, 0.25) is 0 Å². The Labute approximate surface area is 130 Å². The van der Waals surface area contributed by atoms with Gasteiger partial charge in [-0.05, 0) is 40.3 Å². The molecule has 0 heterocycles. The maximum atomic E-state index is 13.3. The van der Waals surface area contributed by atoms with Gasteiger partial charge in [0.15, 0.2) is 0 Å². The highest BCUT2D eigenvalue weighted by Crippen LogP contribution is 2.32. The molecular weight excluding hydrogens is 287 g/mol. The Morgan fingerprint density at radius 1 is 1.14 bits per heavy atom. The van der Waals surface area contributed by atoms with Gasteiger partial charge in [0, 0.05) is 11.4 Å². The van der Waals surface area contributed by atoms with E-state index >= 15 is 0 Å². The molecule has 0 fully saturated rings. The fraction of sp³-hybridized carbons (Fsp3) is 0.333. The van der Waals surface area contributed by atoms with E-state index in [0.29, 0.717) is 17.0 Å². The maximum Gasteiger partial charge on any atom is 0.123 e. The van der Waals surface area contributed by atoms with Gasteiger partial charge in [0.1, 0.15) is 5.82 Å². The summed E-state index contributed by atoms with van der Waals surface area (Å²) in [6.45, 7) is 6.31. The van der Waals surface area contributed by atoms with Gasteiger partial charge in [0.25, 0.3) is 0 Å². The monoisotopic (exact) mass is 306 g/mol. The fourth-order valence-corrected chi connectivity index (χ4v) is 2.68. The normalized spacial score (nSPS) is 13.2. The van der Waals surface area contributed by atoms with Crippen LogP contribution in [0.15, 0.2) is 42.5 Å². The van der Waals surface area contributed by atoms with Crippen LogP contribution in [0.25, 0.3) is 0 Å². The van der Waals surface area contributed by atoms with Crippen LogP contribution in [-0.2, 0) is 11.8 Å². The van der Waals surface area contributed by atoms with Crippen LogP contribution in [0.5, 0.6) is 0 Å². The fourth-order valence-electron chi connectivity index (χ4n) is 2.49. The largest absolute Gasteiger partial charge is 0.388 e. The van der Waals surface area contributed by atoms with Crippen molar-refractivity contribution in [2.24, 2.45) is 0 Å². The molecule has 0 aliphatic carbocycles. The second-order valence-corrected chi connectivity index (χ2v) is 6.70. The number of aliphatic hydroxyl groups excluding tert-OH is 1. The summed E-state index contributed by atoms with van der Waals surface area (Å²) in [6, 6.07) is 12.0. The highest BCUT2D eigenvalue weighted by Gasteiger charge is 2.22. The highest BCUT2D eigenvalue weighted by molar-refractivity contribution is 6.31. The van der Waals surface area contributed by atoms with E-state index in [1.807, 2.05) is 24.3 Å². The van der Waals surface area contributed by atoms with E-state index in [-0.39, 0.29) is 11.2 Å². The van der Waals surface area contributed by atoms with Crippen LogP contribution < -0.4 is 0 Å². The van der Waals surface area contributed by atoms with E-state index in [0.717, 1.165) is 11.1 Å². The minimum Gasteiger partial charge on any atom is -0.388 e. The lowest BCUT2D eigenvalue weighted by atomic mass is 9.81. The highest BCUT2D eigenvalue weighted by atomic mass is 35.5. The smallest absolute Gasteiger partial charge is 0.123 e. The second-order valence-electron chi connectivity index (χ2n) is 6.29. The third kappa shape index (κ3) is 3.84. The third-order valence-corrected chi connectivity index (χ3v) is 3.92. The molecule has 0 radical (unpaired) electrons. The van der Waals surface area contributed by atoms with Crippen molar-refractivity contribution in [1.82, 2.24) is 0 Å². The van der Waals surface area contributed by atoms with Gasteiger partial charge in [-0.1, -0.05) is 56.6 Å². The number of hydrogen-bond acceptors (Lipinski definition) is 1. The zero-order chi connectivity index (χ0) is 15.6. The van der Waals surface area contributed by atoms with E-state index in [1.54, 1.807) is 0 Å². The number of hydrogen-bond donors (Lipinski definition) is 1. The lowest BCUT2D eigenvalue weighted by Crippen LogP contribution is -2.17. The summed E-state index contributed by atoms with van der Waals surface area (Å²) in [5.74, 6) is -0.342. The van der Waals surface area contributed by atoms with Crippen molar-refractivity contribution in [2.75, 3.05) is 0 Å². The summed E-state index contributed by atoms with van der Waals surface area (Å²) in [4.78, 5) is 0. The quantitative estimate of drug-likeness (QED) is 0.841. The number of aliphatic hydroxyl groups is 1. The molecule has 0 saturated carbocycles. The number of rotatable bonds is 3. The first-order valence-corrected chi connectivity index (χ1v) is 7.38. The molecule has 0 saturated heterocycles. The summed E-state index contributed by atoms with van der Waals surface area (Å²) in [5.41, 5.74) is 2.51. The average Bonchev–Trinajstić information content (AvgIpc) is 2.42. The van der Waals surface area contributed by atoms with Crippen LogP contribution >= 0.6 is 11.6 Å². The van der Waals surface area contributed by atoms with Gasteiger partial charge in [-0.15, -0.1) is 0 Å². The van der Waals surface area contributed by atoms with Crippen LogP contribution in [0.3, 0.4) is 0 Å². The summed E-state index contributed by atoms with van der Waals surface area (Å²) >= 11 is 6.08. The first kappa shape index (κ1) is 16.0. The van der Waals surface area contributed by atoms with Gasteiger partial charge < -0.3 is 5.11 Å². The molecule has 1 N–H and O–H groups in total. The maximum absolute atomic E-state index is 13.3. The van der Waals surface area contributed by atoms with Crippen molar-refractivity contribution in [3.63, 3.8) is 0 Å². The summed E-state index contributed by atoms with van der Waals surface area (Å²) in [5, 5.41) is 11.0. The summed E-state index contributed by atoms with van der Waals surface area (Å²) in [6.07, 6.45) is -0.413. The molecule has 0 amide bonds. The van der Waals surface area contributed by atoms with E-state index < -0.39 is 6.10 Å². The van der Waals surface area contributed by atoms with Crippen LogP contribution in [0.4, 0.5) is 4.39 Å². The van der Waals surface area contributed by atoms with E-state index in [4.69, 9.17) is 11.6 Å². The van der Waals surface area contributed by atoms with E-state index in [9.17, 15) is 9.50 Å². The Morgan fingerprint density at radius 3 is 2.48 bits per heavy atom. The SMILES string of the molecule is CC(C)(C)c1ccccc1C(O)Cc1cc(F)ccc1Cl. The number of halogens is 2. The first-order chi connectivity index (χ1) is 9.79. The van der Waals surface area contributed by atoms with Crippen molar-refractivity contribution < 1.29 is 9.50 Å². The van der Waals surface area contributed by atoms with Crippen LogP contribution in [-0.4, -0.2) is 5.11 Å².